The van der Waals surface area contributed by atoms with E-state index < -0.39 is 0 Å². The van der Waals surface area contributed by atoms with Gasteiger partial charge in [-0.05, 0) is 31.0 Å². The van der Waals surface area contributed by atoms with Gasteiger partial charge in [-0.1, -0.05) is 22.8 Å². The minimum Gasteiger partial charge on any atom is -0.409 e. The standard InChI is InChI=1S/C13H16ClN3O2/c14-10-3-1-2-9(8-10)13(18)17(11-4-5-11)7-6-12(15)16-19/h1-3,8,11,19H,4-7H2,(H2,15,16). The summed E-state index contributed by atoms with van der Waals surface area (Å²) in [4.78, 5) is 14.2. The van der Waals surface area contributed by atoms with Crippen molar-refractivity contribution < 1.29 is 10.0 Å². The monoisotopic (exact) mass is 281 g/mol. The summed E-state index contributed by atoms with van der Waals surface area (Å²) in [5.41, 5.74) is 6.01. The van der Waals surface area contributed by atoms with Crippen molar-refractivity contribution in [1.29, 1.82) is 0 Å². The Labute approximate surface area is 116 Å². The van der Waals surface area contributed by atoms with Crippen LogP contribution in [0.15, 0.2) is 29.4 Å². The minimum absolute atomic E-state index is 0.0595. The first-order chi connectivity index (χ1) is 9.11. The fourth-order valence-electron chi connectivity index (χ4n) is 1.91. The summed E-state index contributed by atoms with van der Waals surface area (Å²) in [6.07, 6.45) is 2.37. The van der Waals surface area contributed by atoms with Crippen LogP contribution in [0.3, 0.4) is 0 Å². The van der Waals surface area contributed by atoms with Crippen LogP contribution in [-0.4, -0.2) is 34.4 Å². The Morgan fingerprint density at radius 2 is 2.26 bits per heavy atom. The SMILES string of the molecule is NC(CCN(C(=O)c1cccc(Cl)c1)C1CC1)=NO. The second-order valence-corrected chi connectivity index (χ2v) is 5.02. The molecule has 1 aromatic rings. The molecule has 3 N–H and O–H groups in total. The van der Waals surface area contributed by atoms with Gasteiger partial charge < -0.3 is 15.8 Å². The molecular weight excluding hydrogens is 266 g/mol. The maximum atomic E-state index is 12.4. The van der Waals surface area contributed by atoms with Gasteiger partial charge in [0.1, 0.15) is 5.84 Å². The summed E-state index contributed by atoms with van der Waals surface area (Å²) >= 11 is 5.90. The summed E-state index contributed by atoms with van der Waals surface area (Å²) in [5.74, 6) is 0.0697. The van der Waals surface area contributed by atoms with E-state index in [1.54, 1.807) is 29.2 Å². The van der Waals surface area contributed by atoms with Crippen LogP contribution in [0, 0.1) is 0 Å². The molecule has 0 bridgehead atoms. The fourth-order valence-corrected chi connectivity index (χ4v) is 2.10. The number of nitrogens with two attached hydrogens (primary N) is 1. The molecule has 0 aromatic heterocycles. The van der Waals surface area contributed by atoms with Gasteiger partial charge in [0.25, 0.3) is 5.91 Å². The topological polar surface area (TPSA) is 78.9 Å². The first kappa shape index (κ1) is 13.7. The number of halogens is 1. The molecule has 0 spiro atoms. The molecule has 6 heteroatoms. The third-order valence-electron chi connectivity index (χ3n) is 3.06. The Bertz CT molecular complexity index is 500. The predicted octanol–water partition coefficient (Wildman–Crippen LogP) is 2.08. The van der Waals surface area contributed by atoms with E-state index in [1.165, 1.54) is 0 Å². The zero-order valence-corrected chi connectivity index (χ0v) is 11.2. The molecule has 102 valence electrons. The van der Waals surface area contributed by atoms with Crippen molar-refractivity contribution in [2.45, 2.75) is 25.3 Å². The van der Waals surface area contributed by atoms with Crippen molar-refractivity contribution in [3.63, 3.8) is 0 Å². The molecule has 5 nitrogen and oxygen atoms in total. The van der Waals surface area contributed by atoms with Crippen LogP contribution in [0.2, 0.25) is 5.02 Å². The lowest BCUT2D eigenvalue weighted by Gasteiger charge is -2.22. The number of hydrogen-bond acceptors (Lipinski definition) is 3. The minimum atomic E-state index is -0.0595. The summed E-state index contributed by atoms with van der Waals surface area (Å²) in [6, 6.07) is 7.15. The Hall–Kier alpha value is -1.75. The summed E-state index contributed by atoms with van der Waals surface area (Å²) in [7, 11) is 0. The molecule has 0 aliphatic heterocycles. The summed E-state index contributed by atoms with van der Waals surface area (Å²) < 4.78 is 0. The quantitative estimate of drug-likeness (QED) is 0.375. The molecule has 1 aliphatic rings. The second-order valence-electron chi connectivity index (χ2n) is 4.58. The van der Waals surface area contributed by atoms with Crippen LogP contribution in [0.25, 0.3) is 0 Å². The van der Waals surface area contributed by atoms with E-state index in [2.05, 4.69) is 5.16 Å². The number of carbonyl (C=O) groups is 1. The maximum Gasteiger partial charge on any atom is 0.254 e. The van der Waals surface area contributed by atoms with E-state index >= 15 is 0 Å². The zero-order valence-electron chi connectivity index (χ0n) is 10.4. The van der Waals surface area contributed by atoms with Crippen molar-refractivity contribution >= 4 is 23.3 Å². The molecule has 0 atom stereocenters. The van der Waals surface area contributed by atoms with Gasteiger partial charge in [0.2, 0.25) is 0 Å². The molecule has 1 saturated carbocycles. The Morgan fingerprint density at radius 1 is 1.53 bits per heavy atom. The number of amidine groups is 1. The second kappa shape index (κ2) is 5.93. The van der Waals surface area contributed by atoms with Gasteiger partial charge in [-0.3, -0.25) is 4.79 Å². The number of amides is 1. The first-order valence-corrected chi connectivity index (χ1v) is 6.52. The smallest absolute Gasteiger partial charge is 0.254 e. The fraction of sp³-hybridized carbons (Fsp3) is 0.385. The summed E-state index contributed by atoms with van der Waals surface area (Å²) in [5, 5.41) is 12.0. The third kappa shape index (κ3) is 3.61. The molecule has 0 radical (unpaired) electrons. The predicted molar refractivity (Wildman–Crippen MR) is 73.5 cm³/mol. The van der Waals surface area contributed by atoms with Crippen LogP contribution in [0.1, 0.15) is 29.6 Å². The lowest BCUT2D eigenvalue weighted by molar-refractivity contribution is 0.0747. The van der Waals surface area contributed by atoms with E-state index in [0.29, 0.717) is 23.6 Å². The number of rotatable bonds is 5. The van der Waals surface area contributed by atoms with Crippen molar-refractivity contribution in [2.75, 3.05) is 6.54 Å². The van der Waals surface area contributed by atoms with Crippen molar-refractivity contribution in [3.8, 4) is 0 Å². The molecule has 1 amide bonds. The van der Waals surface area contributed by atoms with Gasteiger partial charge in [0.05, 0.1) is 0 Å². The molecule has 0 unspecified atom stereocenters. The molecule has 1 aliphatic carbocycles. The van der Waals surface area contributed by atoms with E-state index in [-0.39, 0.29) is 17.8 Å². The number of benzene rings is 1. The van der Waals surface area contributed by atoms with Crippen molar-refractivity contribution in [1.82, 2.24) is 4.90 Å². The van der Waals surface area contributed by atoms with Crippen molar-refractivity contribution in [3.05, 3.63) is 34.9 Å². The van der Waals surface area contributed by atoms with Crippen LogP contribution in [0.4, 0.5) is 0 Å². The average Bonchev–Trinajstić information content (AvgIpc) is 3.23. The highest BCUT2D eigenvalue weighted by Gasteiger charge is 2.32. The maximum absolute atomic E-state index is 12.4. The lowest BCUT2D eigenvalue weighted by atomic mass is 10.2. The van der Waals surface area contributed by atoms with Crippen LogP contribution < -0.4 is 5.73 Å². The molecule has 0 saturated heterocycles. The van der Waals surface area contributed by atoms with Crippen LogP contribution in [-0.2, 0) is 0 Å². The zero-order chi connectivity index (χ0) is 13.8. The lowest BCUT2D eigenvalue weighted by Crippen LogP contribution is -2.35. The van der Waals surface area contributed by atoms with Gasteiger partial charge >= 0.3 is 0 Å². The molecule has 1 fully saturated rings. The average molecular weight is 282 g/mol. The number of oxime groups is 1. The van der Waals surface area contributed by atoms with E-state index in [4.69, 9.17) is 22.5 Å². The van der Waals surface area contributed by atoms with Gasteiger partial charge in [0.15, 0.2) is 0 Å². The van der Waals surface area contributed by atoms with Crippen LogP contribution >= 0.6 is 11.6 Å². The van der Waals surface area contributed by atoms with Crippen LogP contribution in [0.5, 0.6) is 0 Å². The van der Waals surface area contributed by atoms with Crippen molar-refractivity contribution in [2.24, 2.45) is 10.9 Å². The summed E-state index contributed by atoms with van der Waals surface area (Å²) in [6.45, 7) is 0.450. The van der Waals surface area contributed by atoms with E-state index in [1.807, 2.05) is 0 Å². The molecule has 2 rings (SSSR count). The largest absolute Gasteiger partial charge is 0.409 e. The highest BCUT2D eigenvalue weighted by atomic mass is 35.5. The Morgan fingerprint density at radius 3 is 2.84 bits per heavy atom. The van der Waals surface area contributed by atoms with E-state index in [9.17, 15) is 4.79 Å². The molecule has 19 heavy (non-hydrogen) atoms. The van der Waals surface area contributed by atoms with Gasteiger partial charge in [-0.15, -0.1) is 0 Å². The first-order valence-electron chi connectivity index (χ1n) is 6.14. The Kier molecular flexibility index (Phi) is 4.27. The molecular formula is C13H16ClN3O2. The molecule has 0 heterocycles. The van der Waals surface area contributed by atoms with Gasteiger partial charge in [0, 0.05) is 29.6 Å². The highest BCUT2D eigenvalue weighted by Crippen LogP contribution is 2.28. The van der Waals surface area contributed by atoms with Gasteiger partial charge in [-0.2, -0.15) is 0 Å². The normalized spacial score (nSPS) is 15.3. The molecule has 1 aromatic carbocycles. The number of carbonyl (C=O) groups excluding carboxylic acids is 1. The highest BCUT2D eigenvalue weighted by molar-refractivity contribution is 6.30. The Balaban J connectivity index is 2.08. The third-order valence-corrected chi connectivity index (χ3v) is 3.29. The number of nitrogens with zero attached hydrogens (tertiary/aromatic N) is 2. The van der Waals surface area contributed by atoms with E-state index in [0.717, 1.165) is 12.8 Å². The van der Waals surface area contributed by atoms with Gasteiger partial charge in [-0.25, -0.2) is 0 Å². The number of hydrogen-bond donors (Lipinski definition) is 2.